The van der Waals surface area contributed by atoms with Crippen LogP contribution >= 0.6 is 0 Å². The molecule has 1 aromatic rings. The number of nitrogens with one attached hydrogen (secondary N) is 1. The molecule has 0 bridgehead atoms. The van der Waals surface area contributed by atoms with Crippen LogP contribution in [0.4, 0.5) is 10.1 Å². The number of benzene rings is 1. The molecule has 3 N–H and O–H groups in total. The fourth-order valence-corrected chi connectivity index (χ4v) is 3.67. The molecule has 19 heavy (non-hydrogen) atoms. The zero-order valence-corrected chi connectivity index (χ0v) is 11.1. The number of carbonyl (C=O) groups excluding carboxylic acids is 1. The van der Waals surface area contributed by atoms with E-state index >= 15 is 0 Å². The Hall–Kier alpha value is -1.67. The van der Waals surface area contributed by atoms with E-state index in [9.17, 15) is 17.6 Å². The van der Waals surface area contributed by atoms with E-state index in [-0.39, 0.29) is 29.6 Å². The third-order valence-corrected chi connectivity index (χ3v) is 5.03. The predicted molar refractivity (Wildman–Crippen MR) is 67.2 cm³/mol. The summed E-state index contributed by atoms with van der Waals surface area (Å²) >= 11 is 0. The number of hydrogen-bond donors (Lipinski definition) is 2. The first kappa shape index (κ1) is 13.8. The molecular weight excluding hydrogens is 273 g/mol. The van der Waals surface area contributed by atoms with Gasteiger partial charge in [0.15, 0.2) is 0 Å². The van der Waals surface area contributed by atoms with Crippen LogP contribution in [0.1, 0.15) is 6.92 Å². The summed E-state index contributed by atoms with van der Waals surface area (Å²) in [5.41, 5.74) is 5.55. The lowest BCUT2D eigenvalue weighted by molar-refractivity contribution is -0.126. The van der Waals surface area contributed by atoms with Gasteiger partial charge in [0.05, 0.1) is 5.69 Å². The predicted octanol–water partition coefficient (Wildman–Crippen LogP) is -0.0831. The van der Waals surface area contributed by atoms with Crippen LogP contribution in [0.15, 0.2) is 23.1 Å². The van der Waals surface area contributed by atoms with Crippen LogP contribution in [0.2, 0.25) is 0 Å². The molecule has 1 heterocycles. The van der Waals surface area contributed by atoms with E-state index in [1.807, 2.05) is 0 Å². The van der Waals surface area contributed by atoms with Gasteiger partial charge in [0, 0.05) is 13.1 Å². The molecule has 1 aromatic carbocycles. The fourth-order valence-electron chi connectivity index (χ4n) is 1.95. The SMILES string of the molecule is CC1C(=O)NCCN1S(=O)(=O)c1cc(F)ccc1N. The first-order chi connectivity index (χ1) is 8.84. The number of nitrogens with two attached hydrogens (primary N) is 1. The molecule has 1 fully saturated rings. The molecule has 1 saturated heterocycles. The molecule has 0 aromatic heterocycles. The summed E-state index contributed by atoms with van der Waals surface area (Å²) in [6.45, 7) is 1.82. The number of anilines is 1. The van der Waals surface area contributed by atoms with E-state index in [1.54, 1.807) is 0 Å². The summed E-state index contributed by atoms with van der Waals surface area (Å²) in [5.74, 6) is -1.08. The maximum atomic E-state index is 13.2. The van der Waals surface area contributed by atoms with Gasteiger partial charge in [-0.2, -0.15) is 4.31 Å². The van der Waals surface area contributed by atoms with Crippen molar-refractivity contribution in [3.63, 3.8) is 0 Å². The Bertz CT molecular complexity index is 618. The quantitative estimate of drug-likeness (QED) is 0.744. The summed E-state index contributed by atoms with van der Waals surface area (Å²) in [4.78, 5) is 11.2. The van der Waals surface area contributed by atoms with Gasteiger partial charge in [-0.25, -0.2) is 12.8 Å². The summed E-state index contributed by atoms with van der Waals surface area (Å²) in [6, 6.07) is 2.29. The Kier molecular flexibility index (Phi) is 3.46. The van der Waals surface area contributed by atoms with E-state index < -0.39 is 21.9 Å². The Morgan fingerprint density at radius 2 is 2.16 bits per heavy atom. The molecule has 0 saturated carbocycles. The Morgan fingerprint density at radius 1 is 1.47 bits per heavy atom. The van der Waals surface area contributed by atoms with Crippen molar-refractivity contribution in [2.24, 2.45) is 0 Å². The molecule has 8 heteroatoms. The molecule has 0 spiro atoms. The molecular formula is C11H14FN3O3S. The van der Waals surface area contributed by atoms with E-state index in [4.69, 9.17) is 5.73 Å². The van der Waals surface area contributed by atoms with Gasteiger partial charge in [0.25, 0.3) is 0 Å². The second-order valence-electron chi connectivity index (χ2n) is 4.26. The third kappa shape index (κ3) is 2.41. The molecule has 104 valence electrons. The minimum absolute atomic E-state index is 0.0421. The standard InChI is InChI=1S/C11H14FN3O3S/c1-7-11(16)14-4-5-15(7)19(17,18)10-6-8(12)2-3-9(10)13/h2-3,6-7H,4-5,13H2,1H3,(H,14,16). The van der Waals surface area contributed by atoms with Crippen LogP contribution in [0, 0.1) is 5.82 Å². The van der Waals surface area contributed by atoms with Crippen LogP contribution < -0.4 is 11.1 Å². The van der Waals surface area contributed by atoms with E-state index in [0.717, 1.165) is 16.4 Å². The third-order valence-electron chi connectivity index (χ3n) is 3.01. The number of sulfonamides is 1. The summed E-state index contributed by atoms with van der Waals surface area (Å²) in [6.07, 6.45) is 0. The first-order valence-corrected chi connectivity index (χ1v) is 7.12. The second kappa shape index (κ2) is 4.78. The number of hydrogen-bond acceptors (Lipinski definition) is 4. The molecule has 1 aliphatic rings. The minimum Gasteiger partial charge on any atom is -0.398 e. The van der Waals surface area contributed by atoms with Crippen molar-refractivity contribution in [2.45, 2.75) is 17.9 Å². The zero-order chi connectivity index (χ0) is 14.2. The monoisotopic (exact) mass is 287 g/mol. The highest BCUT2D eigenvalue weighted by molar-refractivity contribution is 7.89. The zero-order valence-electron chi connectivity index (χ0n) is 10.3. The minimum atomic E-state index is -3.99. The molecule has 6 nitrogen and oxygen atoms in total. The average molecular weight is 287 g/mol. The highest BCUT2D eigenvalue weighted by atomic mass is 32.2. The molecule has 1 aliphatic heterocycles. The van der Waals surface area contributed by atoms with Crippen molar-refractivity contribution in [1.82, 2.24) is 9.62 Å². The number of rotatable bonds is 2. The second-order valence-corrected chi connectivity index (χ2v) is 6.12. The van der Waals surface area contributed by atoms with E-state index in [1.165, 1.54) is 13.0 Å². The topological polar surface area (TPSA) is 92.5 Å². The van der Waals surface area contributed by atoms with Gasteiger partial charge in [0.1, 0.15) is 16.8 Å². The normalized spacial score (nSPS) is 21.2. The number of carbonyl (C=O) groups is 1. The van der Waals surface area contributed by atoms with Crippen molar-refractivity contribution < 1.29 is 17.6 Å². The van der Waals surface area contributed by atoms with Crippen molar-refractivity contribution in [3.8, 4) is 0 Å². The lowest BCUT2D eigenvalue weighted by Crippen LogP contribution is -2.55. The molecule has 0 radical (unpaired) electrons. The summed E-state index contributed by atoms with van der Waals surface area (Å²) in [5, 5.41) is 2.56. The Balaban J connectivity index is 2.47. The van der Waals surface area contributed by atoms with Crippen LogP contribution in [-0.2, 0) is 14.8 Å². The Morgan fingerprint density at radius 3 is 2.84 bits per heavy atom. The number of nitrogens with zero attached hydrogens (tertiary/aromatic N) is 1. The largest absolute Gasteiger partial charge is 0.398 e. The maximum absolute atomic E-state index is 13.2. The van der Waals surface area contributed by atoms with Gasteiger partial charge in [0.2, 0.25) is 15.9 Å². The number of piperazine rings is 1. The lowest BCUT2D eigenvalue weighted by atomic mass is 10.2. The lowest BCUT2D eigenvalue weighted by Gasteiger charge is -2.32. The van der Waals surface area contributed by atoms with Crippen molar-refractivity contribution >= 4 is 21.6 Å². The van der Waals surface area contributed by atoms with Gasteiger partial charge in [-0.3, -0.25) is 4.79 Å². The van der Waals surface area contributed by atoms with E-state index in [2.05, 4.69) is 5.32 Å². The van der Waals surface area contributed by atoms with Crippen LogP contribution in [-0.4, -0.2) is 37.8 Å². The molecule has 1 atom stereocenters. The Labute approximate surface area is 110 Å². The van der Waals surface area contributed by atoms with Gasteiger partial charge in [-0.05, 0) is 25.1 Å². The number of halogens is 1. The first-order valence-electron chi connectivity index (χ1n) is 5.68. The molecule has 0 aliphatic carbocycles. The summed E-state index contributed by atoms with van der Waals surface area (Å²) < 4.78 is 39.1. The van der Waals surface area contributed by atoms with Gasteiger partial charge in [-0.1, -0.05) is 0 Å². The van der Waals surface area contributed by atoms with Crippen LogP contribution in [0.5, 0.6) is 0 Å². The molecule has 2 rings (SSSR count). The van der Waals surface area contributed by atoms with Crippen LogP contribution in [0.25, 0.3) is 0 Å². The van der Waals surface area contributed by atoms with Gasteiger partial charge in [-0.15, -0.1) is 0 Å². The van der Waals surface area contributed by atoms with E-state index in [0.29, 0.717) is 0 Å². The summed E-state index contributed by atoms with van der Waals surface area (Å²) in [7, 11) is -3.99. The molecule has 1 amide bonds. The molecule has 1 unspecified atom stereocenters. The average Bonchev–Trinajstić information content (AvgIpc) is 2.35. The van der Waals surface area contributed by atoms with Crippen molar-refractivity contribution in [1.29, 1.82) is 0 Å². The van der Waals surface area contributed by atoms with Gasteiger partial charge < -0.3 is 11.1 Å². The van der Waals surface area contributed by atoms with Gasteiger partial charge >= 0.3 is 0 Å². The fraction of sp³-hybridized carbons (Fsp3) is 0.364. The number of amides is 1. The maximum Gasteiger partial charge on any atom is 0.246 e. The van der Waals surface area contributed by atoms with Crippen LogP contribution in [0.3, 0.4) is 0 Å². The smallest absolute Gasteiger partial charge is 0.246 e. The number of nitrogen functional groups attached to an aromatic ring is 1. The highest BCUT2D eigenvalue weighted by Crippen LogP contribution is 2.25. The van der Waals surface area contributed by atoms with Crippen molar-refractivity contribution in [3.05, 3.63) is 24.0 Å². The highest BCUT2D eigenvalue weighted by Gasteiger charge is 2.36. The van der Waals surface area contributed by atoms with Crippen molar-refractivity contribution in [2.75, 3.05) is 18.8 Å².